The van der Waals surface area contributed by atoms with Gasteiger partial charge < -0.3 is 10.2 Å². The van der Waals surface area contributed by atoms with Crippen LogP contribution in [-0.2, 0) is 0 Å². The lowest BCUT2D eigenvalue weighted by Crippen LogP contribution is -2.49. The topological polar surface area (TPSA) is 71.3 Å². The Morgan fingerprint density at radius 3 is 3.06 bits per heavy atom. The van der Waals surface area contributed by atoms with Crippen molar-refractivity contribution in [1.82, 2.24) is 10.3 Å². The number of anilines is 1. The van der Waals surface area contributed by atoms with E-state index in [1.165, 1.54) is 0 Å². The van der Waals surface area contributed by atoms with Crippen molar-refractivity contribution >= 4 is 11.5 Å². The van der Waals surface area contributed by atoms with Crippen LogP contribution in [0.4, 0.5) is 11.5 Å². The molecule has 1 aromatic heterocycles. The highest BCUT2D eigenvalue weighted by atomic mass is 16.6. The maximum atomic E-state index is 11.0. The molecule has 0 aliphatic carbocycles. The molecule has 1 aliphatic rings. The van der Waals surface area contributed by atoms with Crippen LogP contribution in [0.3, 0.4) is 0 Å². The summed E-state index contributed by atoms with van der Waals surface area (Å²) in [4.78, 5) is 16.8. The molecular weight excluding hydrogens is 220 g/mol. The summed E-state index contributed by atoms with van der Waals surface area (Å²) < 4.78 is 0. The van der Waals surface area contributed by atoms with Gasteiger partial charge >= 0.3 is 5.69 Å². The predicted molar refractivity (Wildman–Crippen MR) is 65.3 cm³/mol. The van der Waals surface area contributed by atoms with Gasteiger partial charge in [-0.2, -0.15) is 0 Å². The Bertz CT molecular complexity index is 435. The fourth-order valence-electron chi connectivity index (χ4n) is 2.05. The fraction of sp³-hybridized carbons (Fsp3) is 0.545. The molecule has 92 valence electrons. The largest absolute Gasteiger partial charge is 0.348 e. The number of nitrogens with one attached hydrogen (secondary N) is 1. The fourth-order valence-corrected chi connectivity index (χ4v) is 2.05. The van der Waals surface area contributed by atoms with Crippen molar-refractivity contribution in [3.05, 3.63) is 27.9 Å². The number of aryl methyl sites for hydroxylation is 1. The van der Waals surface area contributed by atoms with Gasteiger partial charge in [-0.25, -0.2) is 4.98 Å². The molecule has 0 radical (unpaired) electrons. The number of hydrogen-bond donors (Lipinski definition) is 1. The van der Waals surface area contributed by atoms with Gasteiger partial charge in [-0.1, -0.05) is 0 Å². The molecule has 1 fully saturated rings. The van der Waals surface area contributed by atoms with Gasteiger partial charge in [0, 0.05) is 37.9 Å². The van der Waals surface area contributed by atoms with E-state index in [9.17, 15) is 10.1 Å². The molecule has 0 saturated carbocycles. The van der Waals surface area contributed by atoms with Gasteiger partial charge in [0.2, 0.25) is 5.82 Å². The molecule has 0 unspecified atom stereocenters. The van der Waals surface area contributed by atoms with Crippen LogP contribution in [0.2, 0.25) is 0 Å². The van der Waals surface area contributed by atoms with Crippen LogP contribution in [0.15, 0.2) is 12.3 Å². The van der Waals surface area contributed by atoms with E-state index in [4.69, 9.17) is 0 Å². The highest BCUT2D eigenvalue weighted by Crippen LogP contribution is 2.26. The molecule has 0 aromatic carbocycles. The van der Waals surface area contributed by atoms with E-state index in [1.807, 2.05) is 11.8 Å². The van der Waals surface area contributed by atoms with E-state index in [0.29, 0.717) is 11.9 Å². The van der Waals surface area contributed by atoms with E-state index < -0.39 is 0 Å². The Morgan fingerprint density at radius 1 is 1.65 bits per heavy atom. The Kier molecular flexibility index (Phi) is 3.23. The minimum atomic E-state index is -0.359. The normalized spacial score (nSPS) is 20.4. The van der Waals surface area contributed by atoms with E-state index in [0.717, 1.165) is 25.2 Å². The van der Waals surface area contributed by atoms with Crippen molar-refractivity contribution in [2.75, 3.05) is 24.5 Å². The van der Waals surface area contributed by atoms with Crippen molar-refractivity contribution < 1.29 is 4.92 Å². The molecule has 6 nitrogen and oxygen atoms in total. The Morgan fingerprint density at radius 2 is 2.41 bits per heavy atom. The second-order valence-corrected chi connectivity index (χ2v) is 4.41. The highest BCUT2D eigenvalue weighted by Gasteiger charge is 2.24. The predicted octanol–water partition coefficient (Wildman–Crippen LogP) is 1.10. The summed E-state index contributed by atoms with van der Waals surface area (Å²) in [5.74, 6) is 0.481. The lowest BCUT2D eigenvalue weighted by atomic mass is 10.2. The van der Waals surface area contributed by atoms with Gasteiger partial charge in [0.1, 0.15) is 0 Å². The van der Waals surface area contributed by atoms with Crippen LogP contribution in [0, 0.1) is 17.0 Å². The summed E-state index contributed by atoms with van der Waals surface area (Å²) in [6, 6.07) is 1.90. The molecule has 1 saturated heterocycles. The van der Waals surface area contributed by atoms with Crippen LogP contribution in [0.25, 0.3) is 0 Å². The molecular formula is C11H16N4O2. The molecule has 1 aliphatic heterocycles. The van der Waals surface area contributed by atoms with Crippen molar-refractivity contribution in [2.24, 2.45) is 0 Å². The molecule has 6 heteroatoms. The van der Waals surface area contributed by atoms with Crippen LogP contribution < -0.4 is 10.2 Å². The van der Waals surface area contributed by atoms with Crippen LogP contribution in [0.1, 0.15) is 12.5 Å². The van der Waals surface area contributed by atoms with Gasteiger partial charge in [0.15, 0.2) is 0 Å². The highest BCUT2D eigenvalue weighted by molar-refractivity contribution is 5.58. The maximum absolute atomic E-state index is 11.0. The Labute approximate surface area is 99.8 Å². The zero-order valence-corrected chi connectivity index (χ0v) is 10.0. The average molecular weight is 236 g/mol. The molecule has 17 heavy (non-hydrogen) atoms. The lowest BCUT2D eigenvalue weighted by molar-refractivity contribution is -0.384. The summed E-state index contributed by atoms with van der Waals surface area (Å²) in [6.45, 7) is 6.20. The van der Waals surface area contributed by atoms with E-state index in [1.54, 1.807) is 12.3 Å². The smallest absolute Gasteiger partial charge is 0.311 e. The first-order valence-electron chi connectivity index (χ1n) is 5.67. The third kappa shape index (κ3) is 2.52. The minimum absolute atomic E-state index is 0.0964. The molecule has 0 bridgehead atoms. The molecule has 2 heterocycles. The Balaban J connectivity index is 2.33. The second-order valence-electron chi connectivity index (χ2n) is 4.41. The van der Waals surface area contributed by atoms with Gasteiger partial charge in [-0.05, 0) is 19.4 Å². The van der Waals surface area contributed by atoms with Crippen molar-refractivity contribution in [1.29, 1.82) is 0 Å². The second kappa shape index (κ2) is 4.67. The van der Waals surface area contributed by atoms with Crippen LogP contribution >= 0.6 is 0 Å². The number of pyridine rings is 1. The summed E-state index contributed by atoms with van der Waals surface area (Å²) >= 11 is 0. The third-order valence-corrected chi connectivity index (χ3v) is 2.85. The summed E-state index contributed by atoms with van der Waals surface area (Å²) in [7, 11) is 0. The van der Waals surface area contributed by atoms with E-state index in [2.05, 4.69) is 17.2 Å². The number of hydrogen-bond acceptors (Lipinski definition) is 5. The molecule has 1 aromatic rings. The molecule has 0 amide bonds. The van der Waals surface area contributed by atoms with Crippen LogP contribution in [0.5, 0.6) is 0 Å². The first kappa shape index (κ1) is 11.8. The summed E-state index contributed by atoms with van der Waals surface area (Å²) in [6.07, 6.45) is 1.68. The average Bonchev–Trinajstić information content (AvgIpc) is 2.28. The first-order valence-corrected chi connectivity index (χ1v) is 5.67. The molecule has 1 atom stereocenters. The number of piperazine rings is 1. The number of nitro groups is 1. The van der Waals surface area contributed by atoms with Crippen molar-refractivity contribution in [2.45, 2.75) is 19.9 Å². The zero-order valence-electron chi connectivity index (χ0n) is 10.0. The standard InChI is InChI=1S/C11H16N4O2/c1-8-5-10(15(16)17)11(13-6-8)14-4-3-12-9(2)7-14/h5-6,9,12H,3-4,7H2,1-2H3/t9-/m0/s1. The van der Waals surface area contributed by atoms with E-state index >= 15 is 0 Å². The Hall–Kier alpha value is -1.69. The number of aromatic nitrogens is 1. The van der Waals surface area contributed by atoms with Gasteiger partial charge in [-0.3, -0.25) is 10.1 Å². The van der Waals surface area contributed by atoms with Crippen molar-refractivity contribution in [3.8, 4) is 0 Å². The monoisotopic (exact) mass is 236 g/mol. The van der Waals surface area contributed by atoms with Gasteiger partial charge in [0.25, 0.3) is 0 Å². The summed E-state index contributed by atoms with van der Waals surface area (Å²) in [5, 5.41) is 14.3. The van der Waals surface area contributed by atoms with Gasteiger partial charge in [0.05, 0.1) is 4.92 Å². The zero-order chi connectivity index (χ0) is 12.4. The first-order chi connectivity index (χ1) is 8.08. The lowest BCUT2D eigenvalue weighted by Gasteiger charge is -2.32. The van der Waals surface area contributed by atoms with Gasteiger partial charge in [-0.15, -0.1) is 0 Å². The third-order valence-electron chi connectivity index (χ3n) is 2.85. The van der Waals surface area contributed by atoms with E-state index in [-0.39, 0.29) is 10.6 Å². The molecule has 0 spiro atoms. The summed E-state index contributed by atoms with van der Waals surface area (Å²) in [5.41, 5.74) is 0.905. The number of rotatable bonds is 2. The number of nitrogens with zero attached hydrogens (tertiary/aromatic N) is 3. The molecule has 1 N–H and O–H groups in total. The quantitative estimate of drug-likeness (QED) is 0.615. The minimum Gasteiger partial charge on any atom is -0.348 e. The maximum Gasteiger partial charge on any atom is 0.311 e. The SMILES string of the molecule is Cc1cnc(N2CCN[C@@H](C)C2)c([N+](=O)[O-])c1. The van der Waals surface area contributed by atoms with Crippen molar-refractivity contribution in [3.63, 3.8) is 0 Å². The van der Waals surface area contributed by atoms with Crippen LogP contribution in [-0.4, -0.2) is 35.6 Å². The molecule has 2 rings (SSSR count).